The summed E-state index contributed by atoms with van der Waals surface area (Å²) < 4.78 is 5.10. The Bertz CT molecular complexity index is 510. The Morgan fingerprint density at radius 3 is 2.45 bits per heavy atom. The van der Waals surface area contributed by atoms with Gasteiger partial charge in [0.05, 0.1) is 19.3 Å². The lowest BCUT2D eigenvalue weighted by atomic mass is 10.0. The van der Waals surface area contributed by atoms with Gasteiger partial charge in [0.2, 0.25) is 0 Å². The monoisotopic (exact) mass is 278 g/mol. The van der Waals surface area contributed by atoms with Gasteiger partial charge >= 0.3 is 12.0 Å². The van der Waals surface area contributed by atoms with Crippen molar-refractivity contribution in [2.24, 2.45) is 5.92 Å². The smallest absolute Gasteiger partial charge is 0.319 e. The van der Waals surface area contributed by atoms with Crippen molar-refractivity contribution in [3.63, 3.8) is 0 Å². The molecular weight excluding hydrogens is 260 g/mol. The summed E-state index contributed by atoms with van der Waals surface area (Å²) in [4.78, 5) is 22.9. The maximum absolute atomic E-state index is 11.9. The van der Waals surface area contributed by atoms with Crippen molar-refractivity contribution in [3.8, 4) is 0 Å². The molecule has 0 aromatic heterocycles. The normalized spacial score (nSPS) is 21.5. The SMILES string of the molecule is Cc1cc(C)cc(NC(=O)NC2COCC2C(=O)O)c1. The van der Waals surface area contributed by atoms with E-state index in [2.05, 4.69) is 10.6 Å². The molecule has 2 amide bonds. The Hall–Kier alpha value is -2.08. The number of urea groups is 1. The molecule has 108 valence electrons. The van der Waals surface area contributed by atoms with Gasteiger partial charge < -0.3 is 20.5 Å². The van der Waals surface area contributed by atoms with Crippen molar-refractivity contribution in [1.29, 1.82) is 0 Å². The zero-order chi connectivity index (χ0) is 14.7. The Morgan fingerprint density at radius 1 is 1.20 bits per heavy atom. The molecule has 1 aromatic carbocycles. The van der Waals surface area contributed by atoms with Crippen LogP contribution in [0.4, 0.5) is 10.5 Å². The van der Waals surface area contributed by atoms with Crippen LogP contribution in [0.3, 0.4) is 0 Å². The van der Waals surface area contributed by atoms with Gasteiger partial charge in [0.25, 0.3) is 0 Å². The summed E-state index contributed by atoms with van der Waals surface area (Å²) >= 11 is 0. The quantitative estimate of drug-likeness (QED) is 0.782. The van der Waals surface area contributed by atoms with Crippen LogP contribution in [0.25, 0.3) is 0 Å². The largest absolute Gasteiger partial charge is 0.481 e. The fraction of sp³-hybridized carbons (Fsp3) is 0.429. The third-order valence-corrected chi connectivity index (χ3v) is 3.19. The minimum atomic E-state index is -0.959. The number of rotatable bonds is 3. The van der Waals surface area contributed by atoms with Crippen molar-refractivity contribution in [3.05, 3.63) is 29.3 Å². The molecule has 2 unspecified atom stereocenters. The van der Waals surface area contributed by atoms with E-state index >= 15 is 0 Å². The molecule has 0 saturated carbocycles. The molecule has 0 spiro atoms. The second kappa shape index (κ2) is 5.92. The first-order valence-electron chi connectivity index (χ1n) is 6.42. The fourth-order valence-electron chi connectivity index (χ4n) is 2.32. The zero-order valence-electron chi connectivity index (χ0n) is 11.5. The maximum atomic E-state index is 11.9. The van der Waals surface area contributed by atoms with Crippen LogP contribution >= 0.6 is 0 Å². The summed E-state index contributed by atoms with van der Waals surface area (Å²) in [7, 11) is 0. The Morgan fingerprint density at radius 2 is 1.85 bits per heavy atom. The van der Waals surface area contributed by atoms with Crippen molar-refractivity contribution in [2.75, 3.05) is 18.5 Å². The van der Waals surface area contributed by atoms with E-state index in [9.17, 15) is 9.59 Å². The van der Waals surface area contributed by atoms with E-state index < -0.39 is 24.0 Å². The molecule has 2 rings (SSSR count). The number of ether oxygens (including phenoxy) is 1. The number of carbonyl (C=O) groups excluding carboxylic acids is 1. The molecule has 6 nitrogen and oxygen atoms in total. The highest BCUT2D eigenvalue weighted by molar-refractivity contribution is 5.90. The van der Waals surface area contributed by atoms with Crippen molar-refractivity contribution >= 4 is 17.7 Å². The number of aliphatic carboxylic acids is 1. The number of hydrogen-bond acceptors (Lipinski definition) is 3. The highest BCUT2D eigenvalue weighted by Crippen LogP contribution is 2.16. The number of carboxylic acids is 1. The molecule has 0 aliphatic carbocycles. The van der Waals surface area contributed by atoms with Crippen LogP contribution in [-0.2, 0) is 9.53 Å². The summed E-state index contributed by atoms with van der Waals surface area (Å²) in [6.07, 6.45) is 0. The molecule has 1 aliphatic rings. The van der Waals surface area contributed by atoms with Gasteiger partial charge in [-0.25, -0.2) is 4.79 Å². The van der Waals surface area contributed by atoms with E-state index in [4.69, 9.17) is 9.84 Å². The van der Waals surface area contributed by atoms with Crippen LogP contribution in [0.1, 0.15) is 11.1 Å². The molecule has 20 heavy (non-hydrogen) atoms. The number of amides is 2. The van der Waals surface area contributed by atoms with Gasteiger partial charge in [-0.2, -0.15) is 0 Å². The van der Waals surface area contributed by atoms with Gasteiger partial charge in [0.1, 0.15) is 5.92 Å². The van der Waals surface area contributed by atoms with Gasteiger partial charge in [-0.15, -0.1) is 0 Å². The lowest BCUT2D eigenvalue weighted by molar-refractivity contribution is -0.142. The second-order valence-electron chi connectivity index (χ2n) is 5.06. The minimum absolute atomic E-state index is 0.129. The highest BCUT2D eigenvalue weighted by Gasteiger charge is 2.35. The molecule has 0 bridgehead atoms. The first kappa shape index (κ1) is 14.3. The molecule has 6 heteroatoms. The third-order valence-electron chi connectivity index (χ3n) is 3.19. The molecule has 0 radical (unpaired) electrons. The number of benzene rings is 1. The predicted octanol–water partition coefficient (Wildman–Crippen LogP) is 1.52. The Balaban J connectivity index is 1.97. The average molecular weight is 278 g/mol. The Kier molecular flexibility index (Phi) is 4.24. The van der Waals surface area contributed by atoms with E-state index in [1.807, 2.05) is 32.0 Å². The van der Waals surface area contributed by atoms with E-state index in [1.165, 1.54) is 0 Å². The Labute approximate surface area is 117 Å². The van der Waals surface area contributed by atoms with Gasteiger partial charge in [-0.05, 0) is 37.1 Å². The average Bonchev–Trinajstić information content (AvgIpc) is 2.75. The lowest BCUT2D eigenvalue weighted by Gasteiger charge is -2.16. The molecule has 1 aliphatic heterocycles. The summed E-state index contributed by atoms with van der Waals surface area (Å²) in [5.74, 6) is -1.65. The molecule has 3 N–H and O–H groups in total. The lowest BCUT2D eigenvalue weighted by Crippen LogP contribution is -2.44. The summed E-state index contributed by atoms with van der Waals surface area (Å²) in [6.45, 7) is 4.24. The van der Waals surface area contributed by atoms with Gasteiger partial charge in [0, 0.05) is 5.69 Å². The van der Waals surface area contributed by atoms with Crippen LogP contribution in [0.15, 0.2) is 18.2 Å². The number of carboxylic acid groups (broad SMARTS) is 1. The van der Waals surface area contributed by atoms with Crippen LogP contribution < -0.4 is 10.6 Å². The van der Waals surface area contributed by atoms with E-state index in [1.54, 1.807) is 0 Å². The highest BCUT2D eigenvalue weighted by atomic mass is 16.5. The maximum Gasteiger partial charge on any atom is 0.319 e. The van der Waals surface area contributed by atoms with Crippen LogP contribution in [0, 0.1) is 19.8 Å². The van der Waals surface area contributed by atoms with E-state index in [0.717, 1.165) is 11.1 Å². The van der Waals surface area contributed by atoms with Crippen molar-refractivity contribution in [2.45, 2.75) is 19.9 Å². The second-order valence-corrected chi connectivity index (χ2v) is 5.06. The van der Waals surface area contributed by atoms with Gasteiger partial charge in [-0.3, -0.25) is 4.79 Å². The van der Waals surface area contributed by atoms with Crippen LogP contribution in [-0.4, -0.2) is 36.4 Å². The molecule has 2 atom stereocenters. The van der Waals surface area contributed by atoms with Crippen molar-refractivity contribution < 1.29 is 19.4 Å². The van der Waals surface area contributed by atoms with Crippen LogP contribution in [0.5, 0.6) is 0 Å². The van der Waals surface area contributed by atoms with E-state index in [0.29, 0.717) is 5.69 Å². The fourth-order valence-corrected chi connectivity index (χ4v) is 2.32. The number of anilines is 1. The minimum Gasteiger partial charge on any atom is -0.481 e. The first-order valence-corrected chi connectivity index (χ1v) is 6.42. The topological polar surface area (TPSA) is 87.7 Å². The molecule has 1 saturated heterocycles. The number of aryl methyl sites for hydroxylation is 2. The zero-order valence-corrected chi connectivity index (χ0v) is 11.5. The van der Waals surface area contributed by atoms with Gasteiger partial charge in [0.15, 0.2) is 0 Å². The standard InChI is InChI=1S/C14H18N2O4/c1-8-3-9(2)5-10(4-8)15-14(19)16-12-7-20-6-11(12)13(17)18/h3-5,11-12H,6-7H2,1-2H3,(H,17,18)(H2,15,16,19). The molecular formula is C14H18N2O4. The van der Waals surface area contributed by atoms with Crippen LogP contribution in [0.2, 0.25) is 0 Å². The summed E-state index contributed by atoms with van der Waals surface area (Å²) in [5, 5.41) is 14.4. The van der Waals surface area contributed by atoms with Crippen molar-refractivity contribution in [1.82, 2.24) is 5.32 Å². The number of hydrogen-bond donors (Lipinski definition) is 3. The summed E-state index contributed by atoms with van der Waals surface area (Å²) in [5.41, 5.74) is 2.78. The molecule has 1 heterocycles. The number of carbonyl (C=O) groups is 2. The molecule has 1 fully saturated rings. The van der Waals surface area contributed by atoms with Gasteiger partial charge in [-0.1, -0.05) is 6.07 Å². The molecule has 1 aromatic rings. The third kappa shape index (κ3) is 3.48. The predicted molar refractivity (Wildman–Crippen MR) is 73.8 cm³/mol. The first-order chi connectivity index (χ1) is 9.45. The number of nitrogens with one attached hydrogen (secondary N) is 2. The van der Waals surface area contributed by atoms with E-state index in [-0.39, 0.29) is 13.2 Å². The summed E-state index contributed by atoms with van der Waals surface area (Å²) in [6, 6.07) is 4.79.